The summed E-state index contributed by atoms with van der Waals surface area (Å²) in [5.74, 6) is 0. The van der Waals surface area contributed by atoms with Crippen LogP contribution in [0.1, 0.15) is 45.2 Å². The van der Waals surface area contributed by atoms with Crippen molar-refractivity contribution in [1.29, 1.82) is 0 Å². The van der Waals surface area contributed by atoms with E-state index in [1.807, 2.05) is 13.0 Å². The maximum absolute atomic E-state index is 6.38. The molecule has 0 aliphatic carbocycles. The molecule has 1 saturated heterocycles. The van der Waals surface area contributed by atoms with Gasteiger partial charge in [-0.15, -0.1) is 0 Å². The normalized spacial score (nSPS) is 20.8. The van der Waals surface area contributed by atoms with Crippen LogP contribution in [0.4, 0.5) is 5.69 Å². The van der Waals surface area contributed by atoms with E-state index in [1.54, 1.807) is 0 Å². The van der Waals surface area contributed by atoms with Crippen LogP contribution in [-0.2, 0) is 0 Å². The summed E-state index contributed by atoms with van der Waals surface area (Å²) in [7, 11) is 0. The second-order valence-electron chi connectivity index (χ2n) is 6.15. The molecule has 1 heterocycles. The zero-order valence-corrected chi connectivity index (χ0v) is 12.3. The van der Waals surface area contributed by atoms with E-state index in [0.717, 1.165) is 29.4 Å². The fraction of sp³-hybridized carbons (Fsp3) is 0.600. The number of nitrogens with two attached hydrogens (primary N) is 1. The number of hydrogen-bond donors (Lipinski definition) is 1. The standard InChI is InChI=1S/C15H23ClN2/c1-11(17)12-4-5-14(13(16)10-12)18-8-6-15(2,3)7-9-18/h4-5,10-11H,6-9,17H2,1-3H3/t11-/m0/s1. The van der Waals surface area contributed by atoms with Gasteiger partial charge < -0.3 is 10.6 Å². The lowest BCUT2D eigenvalue weighted by Gasteiger charge is -2.38. The van der Waals surface area contributed by atoms with Crippen molar-refractivity contribution in [2.24, 2.45) is 11.1 Å². The summed E-state index contributed by atoms with van der Waals surface area (Å²) in [4.78, 5) is 2.39. The van der Waals surface area contributed by atoms with Crippen LogP contribution < -0.4 is 10.6 Å². The fourth-order valence-electron chi connectivity index (χ4n) is 2.42. The van der Waals surface area contributed by atoms with Crippen molar-refractivity contribution in [3.05, 3.63) is 28.8 Å². The second-order valence-corrected chi connectivity index (χ2v) is 6.56. The Morgan fingerprint density at radius 1 is 1.28 bits per heavy atom. The molecule has 100 valence electrons. The Hall–Kier alpha value is -0.730. The minimum atomic E-state index is 0.0387. The molecule has 1 aromatic carbocycles. The molecule has 3 heteroatoms. The second kappa shape index (κ2) is 5.10. The van der Waals surface area contributed by atoms with E-state index in [1.165, 1.54) is 12.8 Å². The molecule has 1 aliphatic rings. The molecular formula is C15H23ClN2. The molecule has 2 N–H and O–H groups in total. The smallest absolute Gasteiger partial charge is 0.0642 e. The lowest BCUT2D eigenvalue weighted by molar-refractivity contribution is 0.280. The fourth-order valence-corrected chi connectivity index (χ4v) is 2.72. The summed E-state index contributed by atoms with van der Waals surface area (Å²) in [5.41, 5.74) is 8.59. The summed E-state index contributed by atoms with van der Waals surface area (Å²) in [6.45, 7) is 8.83. The zero-order chi connectivity index (χ0) is 13.3. The van der Waals surface area contributed by atoms with Gasteiger partial charge in [0, 0.05) is 19.1 Å². The molecule has 0 radical (unpaired) electrons. The van der Waals surface area contributed by atoms with Crippen LogP contribution in [0.2, 0.25) is 5.02 Å². The molecule has 2 rings (SSSR count). The predicted octanol–water partition coefficient (Wildman–Crippen LogP) is 3.99. The van der Waals surface area contributed by atoms with Gasteiger partial charge in [-0.1, -0.05) is 31.5 Å². The molecule has 1 aromatic rings. The lowest BCUT2D eigenvalue weighted by Crippen LogP contribution is -2.37. The van der Waals surface area contributed by atoms with E-state index < -0.39 is 0 Å². The molecular weight excluding hydrogens is 244 g/mol. The Bertz CT molecular complexity index is 417. The third-order valence-electron chi connectivity index (χ3n) is 3.96. The lowest BCUT2D eigenvalue weighted by atomic mass is 9.82. The van der Waals surface area contributed by atoms with Crippen LogP contribution >= 0.6 is 11.6 Å². The highest BCUT2D eigenvalue weighted by Crippen LogP contribution is 2.35. The van der Waals surface area contributed by atoms with Crippen LogP contribution in [0.25, 0.3) is 0 Å². The molecule has 1 aliphatic heterocycles. The number of benzene rings is 1. The highest BCUT2D eigenvalue weighted by Gasteiger charge is 2.26. The van der Waals surface area contributed by atoms with Gasteiger partial charge in [-0.3, -0.25) is 0 Å². The first kappa shape index (κ1) is 13.7. The summed E-state index contributed by atoms with van der Waals surface area (Å²) in [6, 6.07) is 6.24. The number of piperidine rings is 1. The average Bonchev–Trinajstić information content (AvgIpc) is 2.29. The van der Waals surface area contributed by atoms with Crippen LogP contribution in [0.15, 0.2) is 18.2 Å². The zero-order valence-electron chi connectivity index (χ0n) is 11.5. The predicted molar refractivity (Wildman–Crippen MR) is 79.3 cm³/mol. The molecule has 0 bridgehead atoms. The van der Waals surface area contributed by atoms with Crippen LogP contribution in [-0.4, -0.2) is 13.1 Å². The van der Waals surface area contributed by atoms with Gasteiger partial charge >= 0.3 is 0 Å². The van der Waals surface area contributed by atoms with Crippen LogP contribution in [0.3, 0.4) is 0 Å². The summed E-state index contributed by atoms with van der Waals surface area (Å²) < 4.78 is 0. The van der Waals surface area contributed by atoms with Gasteiger partial charge in [0.15, 0.2) is 0 Å². The Labute approximate surface area is 115 Å². The van der Waals surface area contributed by atoms with Gasteiger partial charge in [-0.05, 0) is 42.9 Å². The number of halogens is 1. The van der Waals surface area contributed by atoms with Gasteiger partial charge in [0.2, 0.25) is 0 Å². The number of hydrogen-bond acceptors (Lipinski definition) is 2. The van der Waals surface area contributed by atoms with E-state index in [4.69, 9.17) is 17.3 Å². The number of anilines is 1. The first-order valence-corrected chi connectivity index (χ1v) is 7.07. The highest BCUT2D eigenvalue weighted by molar-refractivity contribution is 6.33. The van der Waals surface area contributed by atoms with Crippen molar-refractivity contribution in [3.8, 4) is 0 Å². The van der Waals surface area contributed by atoms with Gasteiger partial charge in [0.25, 0.3) is 0 Å². The minimum Gasteiger partial charge on any atom is -0.370 e. The van der Waals surface area contributed by atoms with Gasteiger partial charge in [0.1, 0.15) is 0 Å². The third kappa shape index (κ3) is 2.99. The van der Waals surface area contributed by atoms with Gasteiger partial charge in [0.05, 0.1) is 10.7 Å². The van der Waals surface area contributed by atoms with Crippen molar-refractivity contribution in [1.82, 2.24) is 0 Å². The molecule has 1 fully saturated rings. The Kier molecular flexibility index (Phi) is 3.88. The quantitative estimate of drug-likeness (QED) is 0.877. The maximum Gasteiger partial charge on any atom is 0.0642 e. The molecule has 0 amide bonds. The van der Waals surface area contributed by atoms with Crippen molar-refractivity contribution >= 4 is 17.3 Å². The van der Waals surface area contributed by atoms with E-state index in [-0.39, 0.29) is 6.04 Å². The van der Waals surface area contributed by atoms with Crippen molar-refractivity contribution < 1.29 is 0 Å². The molecule has 2 nitrogen and oxygen atoms in total. The SMILES string of the molecule is C[C@H](N)c1ccc(N2CCC(C)(C)CC2)c(Cl)c1. The van der Waals surface area contributed by atoms with Crippen molar-refractivity contribution in [3.63, 3.8) is 0 Å². The Balaban J connectivity index is 2.15. The first-order chi connectivity index (χ1) is 8.39. The molecule has 18 heavy (non-hydrogen) atoms. The summed E-state index contributed by atoms with van der Waals surface area (Å²) in [5, 5.41) is 0.824. The molecule has 0 saturated carbocycles. The monoisotopic (exact) mass is 266 g/mol. The maximum atomic E-state index is 6.38. The summed E-state index contributed by atoms with van der Waals surface area (Å²) in [6.07, 6.45) is 2.44. The Morgan fingerprint density at radius 2 is 1.89 bits per heavy atom. The third-order valence-corrected chi connectivity index (χ3v) is 4.26. The average molecular weight is 267 g/mol. The Morgan fingerprint density at radius 3 is 2.39 bits per heavy atom. The number of nitrogens with zero attached hydrogens (tertiary/aromatic N) is 1. The largest absolute Gasteiger partial charge is 0.370 e. The summed E-state index contributed by atoms with van der Waals surface area (Å²) >= 11 is 6.38. The van der Waals surface area contributed by atoms with Gasteiger partial charge in [-0.2, -0.15) is 0 Å². The van der Waals surface area contributed by atoms with Crippen LogP contribution in [0.5, 0.6) is 0 Å². The molecule has 1 atom stereocenters. The minimum absolute atomic E-state index is 0.0387. The van der Waals surface area contributed by atoms with Crippen molar-refractivity contribution in [2.75, 3.05) is 18.0 Å². The van der Waals surface area contributed by atoms with Gasteiger partial charge in [-0.25, -0.2) is 0 Å². The number of rotatable bonds is 2. The topological polar surface area (TPSA) is 29.3 Å². The van der Waals surface area contributed by atoms with E-state index in [9.17, 15) is 0 Å². The van der Waals surface area contributed by atoms with E-state index in [0.29, 0.717) is 5.41 Å². The molecule has 0 spiro atoms. The molecule has 0 unspecified atom stereocenters. The first-order valence-electron chi connectivity index (χ1n) is 6.69. The van der Waals surface area contributed by atoms with Crippen molar-refractivity contribution in [2.45, 2.75) is 39.7 Å². The highest BCUT2D eigenvalue weighted by atomic mass is 35.5. The van der Waals surface area contributed by atoms with Crippen LogP contribution in [0, 0.1) is 5.41 Å². The molecule has 0 aromatic heterocycles. The van der Waals surface area contributed by atoms with E-state index in [2.05, 4.69) is 30.9 Å². The van der Waals surface area contributed by atoms with E-state index >= 15 is 0 Å².